The van der Waals surface area contributed by atoms with Gasteiger partial charge in [-0.2, -0.15) is 0 Å². The molecule has 3 nitrogen and oxygen atoms in total. The van der Waals surface area contributed by atoms with Crippen molar-refractivity contribution in [3.63, 3.8) is 0 Å². The number of allylic oxidation sites excluding steroid dienone is 1. The quantitative estimate of drug-likeness (QED) is 0.627. The normalized spacial score (nSPS) is 9.29. The molecule has 3 heteroatoms. The average molecular weight is 232 g/mol. The van der Waals surface area contributed by atoms with Crippen molar-refractivity contribution in [2.45, 2.75) is 19.8 Å². The minimum absolute atomic E-state index is 0.0255. The van der Waals surface area contributed by atoms with Crippen molar-refractivity contribution in [3.05, 3.63) is 41.6 Å². The third-order valence-electron chi connectivity index (χ3n) is 2.19. The molecule has 0 aliphatic carbocycles. The largest absolute Gasteiger partial charge is 0.504 e. The van der Waals surface area contributed by atoms with Crippen LogP contribution >= 0.6 is 0 Å². The molecule has 0 spiro atoms. The second-order valence-corrected chi connectivity index (χ2v) is 3.57. The molecule has 0 unspecified atom stereocenters. The number of phenolic OH excluding ortho intramolecular Hbond substituents is 1. The molecule has 17 heavy (non-hydrogen) atoms. The fraction of sp³-hybridized carbons (Fsp3) is 0.286. The third kappa shape index (κ3) is 4.17. The summed E-state index contributed by atoms with van der Waals surface area (Å²) in [5, 5.41) is 9.41. The Morgan fingerprint density at radius 3 is 2.94 bits per heavy atom. The SMILES string of the molecule is CCC=C=CC(=O)Cc1ccc(O)c(OC)c1. The first-order valence-corrected chi connectivity index (χ1v) is 5.47. The summed E-state index contributed by atoms with van der Waals surface area (Å²) in [4.78, 5) is 11.5. The van der Waals surface area contributed by atoms with E-state index in [-0.39, 0.29) is 18.0 Å². The van der Waals surface area contributed by atoms with E-state index in [4.69, 9.17) is 4.74 Å². The summed E-state index contributed by atoms with van der Waals surface area (Å²) < 4.78 is 4.97. The maximum Gasteiger partial charge on any atom is 0.167 e. The van der Waals surface area contributed by atoms with E-state index in [0.29, 0.717) is 5.75 Å². The molecule has 0 aliphatic heterocycles. The number of hydrogen-bond acceptors (Lipinski definition) is 3. The van der Waals surface area contributed by atoms with E-state index in [2.05, 4.69) is 5.73 Å². The van der Waals surface area contributed by atoms with Crippen molar-refractivity contribution in [2.24, 2.45) is 0 Å². The van der Waals surface area contributed by atoms with Crippen molar-refractivity contribution in [1.82, 2.24) is 0 Å². The lowest BCUT2D eigenvalue weighted by Gasteiger charge is -2.04. The molecule has 0 amide bonds. The summed E-state index contributed by atoms with van der Waals surface area (Å²) in [5.74, 6) is 0.427. The predicted molar refractivity (Wildman–Crippen MR) is 66.3 cm³/mol. The number of ether oxygens (including phenoxy) is 1. The highest BCUT2D eigenvalue weighted by Gasteiger charge is 2.05. The van der Waals surface area contributed by atoms with Crippen LogP contribution in [0.3, 0.4) is 0 Å². The lowest BCUT2D eigenvalue weighted by Crippen LogP contribution is -1.98. The van der Waals surface area contributed by atoms with Gasteiger partial charge < -0.3 is 9.84 Å². The van der Waals surface area contributed by atoms with Crippen LogP contribution in [0.25, 0.3) is 0 Å². The summed E-state index contributed by atoms with van der Waals surface area (Å²) in [6.07, 6.45) is 4.37. The second kappa shape index (κ2) is 6.56. The number of rotatable bonds is 5. The molecule has 0 aliphatic rings. The summed E-state index contributed by atoms with van der Waals surface area (Å²) in [5.41, 5.74) is 3.62. The van der Waals surface area contributed by atoms with E-state index in [0.717, 1.165) is 12.0 Å². The Labute approximate surface area is 101 Å². The number of carbonyl (C=O) groups is 1. The van der Waals surface area contributed by atoms with Crippen molar-refractivity contribution < 1.29 is 14.6 Å². The summed E-state index contributed by atoms with van der Waals surface area (Å²) in [6, 6.07) is 4.88. The molecule has 0 atom stereocenters. The van der Waals surface area contributed by atoms with E-state index in [1.54, 1.807) is 18.2 Å². The minimum Gasteiger partial charge on any atom is -0.504 e. The Balaban J connectivity index is 2.75. The lowest BCUT2D eigenvalue weighted by molar-refractivity contribution is -0.114. The topological polar surface area (TPSA) is 46.5 Å². The molecule has 1 rings (SSSR count). The first kappa shape index (κ1) is 13.1. The van der Waals surface area contributed by atoms with Gasteiger partial charge in [-0.25, -0.2) is 0 Å². The van der Waals surface area contributed by atoms with E-state index >= 15 is 0 Å². The Hall–Kier alpha value is -1.99. The Morgan fingerprint density at radius 1 is 1.53 bits per heavy atom. The van der Waals surface area contributed by atoms with Crippen molar-refractivity contribution in [3.8, 4) is 11.5 Å². The molecule has 0 radical (unpaired) electrons. The Bertz CT molecular complexity index is 455. The minimum atomic E-state index is -0.0255. The van der Waals surface area contributed by atoms with Gasteiger partial charge in [0.2, 0.25) is 0 Å². The molecule has 0 heterocycles. The highest BCUT2D eigenvalue weighted by atomic mass is 16.5. The van der Waals surface area contributed by atoms with E-state index < -0.39 is 0 Å². The Kier molecular flexibility index (Phi) is 5.05. The van der Waals surface area contributed by atoms with Gasteiger partial charge in [0.1, 0.15) is 0 Å². The smallest absolute Gasteiger partial charge is 0.167 e. The molecule has 0 saturated heterocycles. The van der Waals surface area contributed by atoms with Crippen LogP contribution in [0.1, 0.15) is 18.9 Å². The molecule has 90 valence electrons. The van der Waals surface area contributed by atoms with Crippen molar-refractivity contribution in [2.75, 3.05) is 7.11 Å². The fourth-order valence-electron chi connectivity index (χ4n) is 1.35. The van der Waals surface area contributed by atoms with Crippen molar-refractivity contribution >= 4 is 5.78 Å². The van der Waals surface area contributed by atoms with Gasteiger partial charge in [-0.15, -0.1) is 5.73 Å². The van der Waals surface area contributed by atoms with Crippen LogP contribution < -0.4 is 4.74 Å². The van der Waals surface area contributed by atoms with Gasteiger partial charge in [0.05, 0.1) is 7.11 Å². The van der Waals surface area contributed by atoms with Crippen LogP contribution in [-0.2, 0) is 11.2 Å². The van der Waals surface area contributed by atoms with E-state index in [1.807, 2.05) is 6.92 Å². The summed E-state index contributed by atoms with van der Waals surface area (Å²) in [6.45, 7) is 1.98. The zero-order chi connectivity index (χ0) is 12.7. The fourth-order valence-corrected chi connectivity index (χ4v) is 1.35. The van der Waals surface area contributed by atoms with Crippen LogP contribution in [0.5, 0.6) is 11.5 Å². The monoisotopic (exact) mass is 232 g/mol. The Morgan fingerprint density at radius 2 is 2.29 bits per heavy atom. The van der Waals surface area contributed by atoms with Gasteiger partial charge in [-0.05, 0) is 30.2 Å². The maximum absolute atomic E-state index is 11.5. The molecule has 1 N–H and O–H groups in total. The predicted octanol–water partition coefficient (Wildman–Crippen LogP) is 2.63. The second-order valence-electron chi connectivity index (χ2n) is 3.57. The molecule has 0 saturated carbocycles. The number of carbonyl (C=O) groups excluding carboxylic acids is 1. The van der Waals surface area contributed by atoms with Gasteiger partial charge in [0.15, 0.2) is 17.3 Å². The molecule has 0 bridgehead atoms. The molecule has 1 aromatic rings. The van der Waals surface area contributed by atoms with Crippen LogP contribution in [0.2, 0.25) is 0 Å². The zero-order valence-corrected chi connectivity index (χ0v) is 10.1. The van der Waals surface area contributed by atoms with E-state index in [9.17, 15) is 9.90 Å². The highest BCUT2D eigenvalue weighted by molar-refractivity contribution is 5.91. The molecular weight excluding hydrogens is 216 g/mol. The van der Waals surface area contributed by atoms with Crippen LogP contribution in [0, 0.1) is 0 Å². The van der Waals surface area contributed by atoms with Crippen LogP contribution in [0.4, 0.5) is 0 Å². The first-order valence-electron chi connectivity index (χ1n) is 5.47. The number of methoxy groups -OCH3 is 1. The molecular formula is C14H16O3. The van der Waals surface area contributed by atoms with Gasteiger partial charge in [-0.1, -0.05) is 13.0 Å². The molecule has 0 aromatic heterocycles. The van der Waals surface area contributed by atoms with Gasteiger partial charge in [0.25, 0.3) is 0 Å². The first-order chi connectivity index (χ1) is 8.17. The standard InChI is InChI=1S/C14H16O3/c1-3-4-5-6-12(15)9-11-7-8-13(16)14(10-11)17-2/h4,6-8,10,16H,3,9H2,1-2H3. The van der Waals surface area contributed by atoms with E-state index in [1.165, 1.54) is 19.3 Å². The highest BCUT2D eigenvalue weighted by Crippen LogP contribution is 2.26. The number of aromatic hydroxyl groups is 1. The summed E-state index contributed by atoms with van der Waals surface area (Å²) >= 11 is 0. The van der Waals surface area contributed by atoms with Crippen LogP contribution in [0.15, 0.2) is 36.1 Å². The van der Waals surface area contributed by atoms with Crippen molar-refractivity contribution in [1.29, 1.82) is 0 Å². The van der Waals surface area contributed by atoms with Gasteiger partial charge in [0, 0.05) is 12.5 Å². The number of phenols is 1. The lowest BCUT2D eigenvalue weighted by atomic mass is 10.1. The average Bonchev–Trinajstić information content (AvgIpc) is 2.32. The zero-order valence-electron chi connectivity index (χ0n) is 10.1. The number of hydrogen-bond donors (Lipinski definition) is 1. The molecule has 0 fully saturated rings. The van der Waals surface area contributed by atoms with Gasteiger partial charge in [-0.3, -0.25) is 4.79 Å². The summed E-state index contributed by atoms with van der Waals surface area (Å²) in [7, 11) is 1.48. The van der Waals surface area contributed by atoms with Gasteiger partial charge >= 0.3 is 0 Å². The third-order valence-corrected chi connectivity index (χ3v) is 2.19. The number of benzene rings is 1. The van der Waals surface area contributed by atoms with Crippen LogP contribution in [-0.4, -0.2) is 18.0 Å². The molecule has 1 aromatic carbocycles. The number of ketones is 1. The maximum atomic E-state index is 11.5.